The lowest BCUT2D eigenvalue weighted by atomic mass is 10.3. The number of hydrazine groups is 1. The Balaban J connectivity index is 2.42. The number of nitrogens with zero attached hydrogens (tertiary/aromatic N) is 2. The van der Waals surface area contributed by atoms with Crippen molar-refractivity contribution in [3.05, 3.63) is 49.4 Å². The molecule has 10 heteroatoms. The van der Waals surface area contributed by atoms with Crippen molar-refractivity contribution < 1.29 is 9.66 Å². The molecule has 0 amide bonds. The van der Waals surface area contributed by atoms with Gasteiger partial charge in [-0.3, -0.25) is 10.1 Å². The van der Waals surface area contributed by atoms with Gasteiger partial charge in [-0.25, -0.2) is 5.84 Å². The van der Waals surface area contributed by atoms with Gasteiger partial charge in [0.2, 0.25) is 5.88 Å². The summed E-state index contributed by atoms with van der Waals surface area (Å²) in [5.41, 5.74) is 2.09. The van der Waals surface area contributed by atoms with Gasteiger partial charge < -0.3 is 10.2 Å². The summed E-state index contributed by atoms with van der Waals surface area (Å²) >= 11 is 17.7. The summed E-state index contributed by atoms with van der Waals surface area (Å²) in [6, 6.07) is 5.11. The first-order chi connectivity index (χ1) is 9.92. The zero-order chi connectivity index (χ0) is 15.6. The van der Waals surface area contributed by atoms with Crippen molar-refractivity contribution in [3.8, 4) is 11.6 Å². The number of ether oxygens (including phenoxy) is 1. The number of rotatable bonds is 4. The molecule has 0 bridgehead atoms. The number of halogens is 3. The van der Waals surface area contributed by atoms with E-state index in [4.69, 9.17) is 45.4 Å². The maximum absolute atomic E-state index is 10.8. The largest absolute Gasteiger partial charge is 0.436 e. The maximum Gasteiger partial charge on any atom is 0.273 e. The third-order valence-corrected chi connectivity index (χ3v) is 3.24. The summed E-state index contributed by atoms with van der Waals surface area (Å²) in [5, 5.41) is 11.2. The number of aromatic nitrogens is 1. The normalized spacial score (nSPS) is 10.3. The molecule has 0 atom stereocenters. The fraction of sp³-hybridized carbons (Fsp3) is 0. The molecule has 0 radical (unpaired) electrons. The minimum absolute atomic E-state index is 0.0329. The minimum Gasteiger partial charge on any atom is -0.436 e. The predicted octanol–water partition coefficient (Wildman–Crippen LogP) is 4.03. The SMILES string of the molecule is NNc1nc(Oc2cc([N+](=O)[O-])ccc2Cl)c(Cl)cc1Cl. The summed E-state index contributed by atoms with van der Waals surface area (Å²) in [4.78, 5) is 14.1. The van der Waals surface area contributed by atoms with E-state index in [-0.39, 0.29) is 38.2 Å². The summed E-state index contributed by atoms with van der Waals surface area (Å²) in [7, 11) is 0. The molecule has 1 aromatic heterocycles. The van der Waals surface area contributed by atoms with E-state index in [1.54, 1.807) is 0 Å². The van der Waals surface area contributed by atoms with E-state index >= 15 is 0 Å². The van der Waals surface area contributed by atoms with Gasteiger partial charge in [0.15, 0.2) is 11.6 Å². The molecule has 0 aliphatic rings. The topological polar surface area (TPSA) is 103 Å². The van der Waals surface area contributed by atoms with Crippen molar-refractivity contribution >= 4 is 46.3 Å². The first-order valence-electron chi connectivity index (χ1n) is 5.37. The lowest BCUT2D eigenvalue weighted by Crippen LogP contribution is -2.09. The van der Waals surface area contributed by atoms with Crippen LogP contribution in [0.2, 0.25) is 15.1 Å². The van der Waals surface area contributed by atoms with Crippen LogP contribution in [0.15, 0.2) is 24.3 Å². The highest BCUT2D eigenvalue weighted by molar-refractivity contribution is 6.36. The molecular formula is C11H7Cl3N4O3. The monoisotopic (exact) mass is 348 g/mol. The Kier molecular flexibility index (Phi) is 4.69. The summed E-state index contributed by atoms with van der Waals surface area (Å²) in [6.07, 6.45) is 0. The number of hydrogen-bond acceptors (Lipinski definition) is 6. The fourth-order valence-corrected chi connectivity index (χ4v) is 2.02. The highest BCUT2D eigenvalue weighted by Gasteiger charge is 2.15. The zero-order valence-corrected chi connectivity index (χ0v) is 12.4. The van der Waals surface area contributed by atoms with Crippen LogP contribution in [0.25, 0.3) is 0 Å². The summed E-state index contributed by atoms with van der Waals surface area (Å²) in [6.45, 7) is 0. The van der Waals surface area contributed by atoms with Gasteiger partial charge >= 0.3 is 0 Å². The van der Waals surface area contributed by atoms with Gasteiger partial charge in [-0.2, -0.15) is 4.98 Å². The molecule has 2 aromatic rings. The zero-order valence-electron chi connectivity index (χ0n) is 10.1. The van der Waals surface area contributed by atoms with Gasteiger partial charge in [-0.15, -0.1) is 0 Å². The van der Waals surface area contributed by atoms with Crippen molar-refractivity contribution in [1.82, 2.24) is 4.98 Å². The summed E-state index contributed by atoms with van der Waals surface area (Å²) < 4.78 is 5.39. The fourth-order valence-electron chi connectivity index (χ4n) is 1.41. The highest BCUT2D eigenvalue weighted by atomic mass is 35.5. The van der Waals surface area contributed by atoms with Crippen LogP contribution in [0.5, 0.6) is 11.6 Å². The Morgan fingerprint density at radius 1 is 1.19 bits per heavy atom. The Bertz CT molecular complexity index is 711. The number of anilines is 1. The van der Waals surface area contributed by atoms with E-state index < -0.39 is 4.92 Å². The number of non-ortho nitro benzene ring substituents is 1. The van der Waals surface area contributed by atoms with Crippen LogP contribution in [0.4, 0.5) is 11.5 Å². The van der Waals surface area contributed by atoms with Crippen molar-refractivity contribution in [2.75, 3.05) is 5.43 Å². The molecular weight excluding hydrogens is 343 g/mol. The molecule has 2 rings (SSSR count). The smallest absolute Gasteiger partial charge is 0.273 e. The van der Waals surface area contributed by atoms with Crippen molar-refractivity contribution in [3.63, 3.8) is 0 Å². The average molecular weight is 350 g/mol. The van der Waals surface area contributed by atoms with Gasteiger partial charge in [-0.1, -0.05) is 34.8 Å². The van der Waals surface area contributed by atoms with E-state index in [1.165, 1.54) is 18.2 Å². The molecule has 0 unspecified atom stereocenters. The lowest BCUT2D eigenvalue weighted by Gasteiger charge is -2.10. The summed E-state index contributed by atoms with van der Waals surface area (Å²) in [5.74, 6) is 5.37. The van der Waals surface area contributed by atoms with Crippen LogP contribution in [0.1, 0.15) is 0 Å². The predicted molar refractivity (Wildman–Crippen MR) is 80.2 cm³/mol. The van der Waals surface area contributed by atoms with Crippen LogP contribution in [0, 0.1) is 10.1 Å². The van der Waals surface area contributed by atoms with Gasteiger partial charge in [-0.05, 0) is 12.1 Å². The van der Waals surface area contributed by atoms with Crippen LogP contribution in [-0.4, -0.2) is 9.91 Å². The second-order valence-electron chi connectivity index (χ2n) is 3.72. The van der Waals surface area contributed by atoms with Crippen LogP contribution < -0.4 is 16.0 Å². The van der Waals surface area contributed by atoms with E-state index in [2.05, 4.69) is 10.4 Å². The Labute approximate surface area is 133 Å². The van der Waals surface area contributed by atoms with Crippen molar-refractivity contribution in [2.24, 2.45) is 5.84 Å². The molecule has 0 fully saturated rings. The number of nitro groups is 1. The third-order valence-electron chi connectivity index (χ3n) is 2.37. The lowest BCUT2D eigenvalue weighted by molar-refractivity contribution is -0.384. The minimum atomic E-state index is -0.576. The van der Waals surface area contributed by atoms with Crippen molar-refractivity contribution in [1.29, 1.82) is 0 Å². The van der Waals surface area contributed by atoms with Gasteiger partial charge in [0.1, 0.15) is 5.02 Å². The molecule has 0 aliphatic carbocycles. The van der Waals surface area contributed by atoms with Gasteiger partial charge in [0, 0.05) is 6.07 Å². The number of hydrogen-bond donors (Lipinski definition) is 2. The second kappa shape index (κ2) is 6.31. The quantitative estimate of drug-likeness (QED) is 0.491. The average Bonchev–Trinajstić information content (AvgIpc) is 2.43. The number of pyridine rings is 1. The molecule has 0 saturated heterocycles. The first-order valence-corrected chi connectivity index (χ1v) is 6.50. The Morgan fingerprint density at radius 2 is 1.90 bits per heavy atom. The number of benzene rings is 1. The van der Waals surface area contributed by atoms with E-state index in [0.717, 1.165) is 6.07 Å². The Morgan fingerprint density at radius 3 is 2.52 bits per heavy atom. The maximum atomic E-state index is 10.8. The molecule has 110 valence electrons. The number of nitro benzene ring substituents is 1. The number of nitrogens with two attached hydrogens (primary N) is 1. The molecule has 3 N–H and O–H groups in total. The van der Waals surface area contributed by atoms with Crippen molar-refractivity contribution in [2.45, 2.75) is 0 Å². The number of nitrogen functional groups attached to an aromatic ring is 1. The van der Waals surface area contributed by atoms with Crippen LogP contribution in [0.3, 0.4) is 0 Å². The molecule has 1 heterocycles. The van der Waals surface area contributed by atoms with E-state index in [0.29, 0.717) is 0 Å². The standard InChI is InChI=1S/C11H7Cl3N4O3/c12-6-2-1-5(18(19)20)3-9(6)21-11-8(14)4-7(13)10(16-11)17-15/h1-4H,15H2,(H,16,17). The van der Waals surface area contributed by atoms with Crippen LogP contribution >= 0.6 is 34.8 Å². The molecule has 0 spiro atoms. The molecule has 1 aromatic carbocycles. The third kappa shape index (κ3) is 3.45. The highest BCUT2D eigenvalue weighted by Crippen LogP contribution is 2.37. The Hall–Kier alpha value is -1.80. The van der Waals surface area contributed by atoms with Gasteiger partial charge in [0.05, 0.1) is 21.0 Å². The number of nitrogens with one attached hydrogen (secondary N) is 1. The molecule has 0 aliphatic heterocycles. The van der Waals surface area contributed by atoms with E-state index in [1.807, 2.05) is 0 Å². The van der Waals surface area contributed by atoms with E-state index in [9.17, 15) is 10.1 Å². The molecule has 0 saturated carbocycles. The van der Waals surface area contributed by atoms with Crippen LogP contribution in [-0.2, 0) is 0 Å². The molecule has 7 nitrogen and oxygen atoms in total. The second-order valence-corrected chi connectivity index (χ2v) is 4.95. The molecule has 21 heavy (non-hydrogen) atoms. The first kappa shape index (κ1) is 15.6. The van der Waals surface area contributed by atoms with Gasteiger partial charge in [0.25, 0.3) is 5.69 Å².